The van der Waals surface area contributed by atoms with Gasteiger partial charge < -0.3 is 5.32 Å². The number of nitriles is 1. The molecule has 1 aromatic carbocycles. The molecule has 0 bridgehead atoms. The highest BCUT2D eigenvalue weighted by Gasteiger charge is 2.19. The van der Waals surface area contributed by atoms with E-state index in [9.17, 15) is 0 Å². The quantitative estimate of drug-likeness (QED) is 0.766. The van der Waals surface area contributed by atoms with E-state index in [1.807, 2.05) is 12.1 Å². The maximum Gasteiger partial charge on any atom is 0.101 e. The molecular weight excluding hydrogens is 196 g/mol. The van der Waals surface area contributed by atoms with E-state index in [1.54, 1.807) is 6.07 Å². The molecule has 1 aromatic rings. The van der Waals surface area contributed by atoms with Gasteiger partial charge in [0.05, 0.1) is 10.6 Å². The Morgan fingerprint density at radius 1 is 1.50 bits per heavy atom. The molecule has 1 unspecified atom stereocenters. The van der Waals surface area contributed by atoms with Crippen molar-refractivity contribution in [3.8, 4) is 6.07 Å². The number of benzene rings is 1. The Bertz CT molecular complexity index is 375. The zero-order valence-corrected chi connectivity index (χ0v) is 8.51. The van der Waals surface area contributed by atoms with Crippen molar-refractivity contribution in [2.45, 2.75) is 12.3 Å². The van der Waals surface area contributed by atoms with Gasteiger partial charge in [0.1, 0.15) is 6.07 Å². The van der Waals surface area contributed by atoms with Gasteiger partial charge in [-0.05, 0) is 30.5 Å². The van der Waals surface area contributed by atoms with Crippen molar-refractivity contribution in [3.63, 3.8) is 0 Å². The molecule has 0 radical (unpaired) electrons. The second-order valence-electron chi connectivity index (χ2n) is 3.51. The molecule has 72 valence electrons. The number of hydrogen-bond acceptors (Lipinski definition) is 2. The van der Waals surface area contributed by atoms with E-state index in [1.165, 1.54) is 0 Å². The smallest absolute Gasteiger partial charge is 0.101 e. The summed E-state index contributed by atoms with van der Waals surface area (Å²) in [7, 11) is 0. The first-order valence-electron chi connectivity index (χ1n) is 4.72. The molecule has 1 atom stereocenters. The van der Waals surface area contributed by atoms with E-state index < -0.39 is 0 Å². The van der Waals surface area contributed by atoms with E-state index in [2.05, 4.69) is 11.4 Å². The number of nitrogens with zero attached hydrogens (tertiary/aromatic N) is 1. The summed E-state index contributed by atoms with van der Waals surface area (Å²) in [5.74, 6) is 0.468. The van der Waals surface area contributed by atoms with Crippen LogP contribution in [0.15, 0.2) is 18.2 Å². The van der Waals surface area contributed by atoms with Gasteiger partial charge in [0.25, 0.3) is 0 Å². The Hall–Kier alpha value is -1.04. The van der Waals surface area contributed by atoms with Crippen LogP contribution in [0.1, 0.15) is 23.5 Å². The second kappa shape index (κ2) is 4.00. The number of halogens is 1. The monoisotopic (exact) mass is 206 g/mol. The number of rotatable bonds is 1. The predicted molar refractivity (Wildman–Crippen MR) is 56.4 cm³/mol. The van der Waals surface area contributed by atoms with Gasteiger partial charge in [0, 0.05) is 6.54 Å². The van der Waals surface area contributed by atoms with Crippen LogP contribution in [0.2, 0.25) is 5.02 Å². The van der Waals surface area contributed by atoms with Crippen LogP contribution in [0, 0.1) is 11.3 Å². The molecule has 2 nitrogen and oxygen atoms in total. The van der Waals surface area contributed by atoms with Crippen LogP contribution < -0.4 is 5.32 Å². The lowest BCUT2D eigenvalue weighted by Crippen LogP contribution is -2.08. The average molecular weight is 207 g/mol. The van der Waals surface area contributed by atoms with Gasteiger partial charge in [0.15, 0.2) is 0 Å². The molecule has 1 fully saturated rings. The summed E-state index contributed by atoms with van der Waals surface area (Å²) in [5, 5.41) is 12.8. The molecular formula is C11H11ClN2. The zero-order valence-electron chi connectivity index (χ0n) is 7.76. The third kappa shape index (κ3) is 1.61. The molecule has 0 aromatic heterocycles. The summed E-state index contributed by atoms with van der Waals surface area (Å²) in [5.41, 5.74) is 1.69. The number of hydrogen-bond donors (Lipinski definition) is 1. The zero-order chi connectivity index (χ0) is 9.97. The lowest BCUT2D eigenvalue weighted by molar-refractivity contribution is 0.763. The first kappa shape index (κ1) is 9.51. The van der Waals surface area contributed by atoms with E-state index in [4.69, 9.17) is 16.9 Å². The Labute approximate surface area is 88.5 Å². The van der Waals surface area contributed by atoms with Crippen LogP contribution >= 0.6 is 11.6 Å². The van der Waals surface area contributed by atoms with E-state index in [0.29, 0.717) is 16.5 Å². The fourth-order valence-corrected chi connectivity index (χ4v) is 2.19. The minimum Gasteiger partial charge on any atom is -0.316 e. The highest BCUT2D eigenvalue weighted by molar-refractivity contribution is 6.32. The Balaban J connectivity index is 2.38. The Morgan fingerprint density at radius 3 is 3.00 bits per heavy atom. The van der Waals surface area contributed by atoms with E-state index in [0.717, 1.165) is 25.1 Å². The van der Waals surface area contributed by atoms with Crippen molar-refractivity contribution in [3.05, 3.63) is 34.3 Å². The van der Waals surface area contributed by atoms with Gasteiger partial charge in [-0.3, -0.25) is 0 Å². The molecule has 0 amide bonds. The summed E-state index contributed by atoms with van der Waals surface area (Å²) < 4.78 is 0. The first-order valence-corrected chi connectivity index (χ1v) is 5.10. The molecule has 0 saturated carbocycles. The van der Waals surface area contributed by atoms with Gasteiger partial charge in [0.2, 0.25) is 0 Å². The lowest BCUT2D eigenvalue weighted by atomic mass is 9.97. The fourth-order valence-electron chi connectivity index (χ4n) is 1.87. The maximum absolute atomic E-state index is 8.84. The first-order chi connectivity index (χ1) is 6.83. The summed E-state index contributed by atoms with van der Waals surface area (Å²) in [6.07, 6.45) is 1.11. The summed E-state index contributed by atoms with van der Waals surface area (Å²) >= 11 is 6.14. The molecule has 1 aliphatic heterocycles. The minimum absolute atomic E-state index is 0.468. The van der Waals surface area contributed by atoms with Gasteiger partial charge in [-0.1, -0.05) is 23.7 Å². The molecule has 1 N–H and O–H groups in total. The van der Waals surface area contributed by atoms with Gasteiger partial charge in [-0.2, -0.15) is 5.26 Å². The minimum atomic E-state index is 0.468. The van der Waals surface area contributed by atoms with Crippen molar-refractivity contribution < 1.29 is 0 Å². The van der Waals surface area contributed by atoms with Crippen molar-refractivity contribution in [1.29, 1.82) is 5.26 Å². The molecule has 2 rings (SSSR count). The second-order valence-corrected chi connectivity index (χ2v) is 3.89. The van der Waals surface area contributed by atoms with Gasteiger partial charge >= 0.3 is 0 Å². The molecule has 0 spiro atoms. The predicted octanol–water partition coefficient (Wildman–Crippen LogP) is 2.29. The topological polar surface area (TPSA) is 35.8 Å². The van der Waals surface area contributed by atoms with Crippen molar-refractivity contribution in [2.24, 2.45) is 0 Å². The van der Waals surface area contributed by atoms with Crippen molar-refractivity contribution in [1.82, 2.24) is 5.32 Å². The average Bonchev–Trinajstić information content (AvgIpc) is 2.71. The van der Waals surface area contributed by atoms with Crippen molar-refractivity contribution >= 4 is 11.6 Å². The Morgan fingerprint density at radius 2 is 2.36 bits per heavy atom. The highest BCUT2D eigenvalue weighted by atomic mass is 35.5. The number of nitrogens with one attached hydrogen (secondary N) is 1. The molecule has 14 heavy (non-hydrogen) atoms. The third-order valence-electron chi connectivity index (χ3n) is 2.65. The van der Waals surface area contributed by atoms with E-state index >= 15 is 0 Å². The summed E-state index contributed by atoms with van der Waals surface area (Å²) in [6.45, 7) is 2.01. The molecule has 1 saturated heterocycles. The SMILES string of the molecule is N#Cc1cccc(C2CCNC2)c1Cl. The lowest BCUT2D eigenvalue weighted by Gasteiger charge is -2.11. The van der Waals surface area contributed by atoms with Crippen LogP contribution in [0.3, 0.4) is 0 Å². The van der Waals surface area contributed by atoms with Crippen LogP contribution in [-0.2, 0) is 0 Å². The normalized spacial score (nSPS) is 20.7. The van der Waals surface area contributed by atoms with E-state index in [-0.39, 0.29) is 0 Å². The third-order valence-corrected chi connectivity index (χ3v) is 3.07. The van der Waals surface area contributed by atoms with Crippen LogP contribution in [0.4, 0.5) is 0 Å². The maximum atomic E-state index is 8.84. The summed E-state index contributed by atoms with van der Waals surface area (Å²) in [6, 6.07) is 7.78. The Kier molecular flexibility index (Phi) is 2.72. The molecule has 1 aliphatic rings. The fraction of sp³-hybridized carbons (Fsp3) is 0.364. The van der Waals surface area contributed by atoms with Crippen LogP contribution in [-0.4, -0.2) is 13.1 Å². The van der Waals surface area contributed by atoms with Gasteiger partial charge in [-0.15, -0.1) is 0 Å². The van der Waals surface area contributed by atoms with Crippen LogP contribution in [0.25, 0.3) is 0 Å². The van der Waals surface area contributed by atoms with Gasteiger partial charge in [-0.25, -0.2) is 0 Å². The molecule has 0 aliphatic carbocycles. The summed E-state index contributed by atoms with van der Waals surface area (Å²) in [4.78, 5) is 0. The van der Waals surface area contributed by atoms with Crippen molar-refractivity contribution in [2.75, 3.05) is 13.1 Å². The molecule has 1 heterocycles. The standard InChI is InChI=1S/C11H11ClN2/c12-11-8(6-13)2-1-3-10(11)9-4-5-14-7-9/h1-3,9,14H,4-5,7H2. The molecule has 3 heteroatoms. The van der Waals surface area contributed by atoms with Crippen LogP contribution in [0.5, 0.6) is 0 Å². The largest absolute Gasteiger partial charge is 0.316 e. The highest BCUT2D eigenvalue weighted by Crippen LogP contribution is 2.30.